The van der Waals surface area contributed by atoms with Gasteiger partial charge in [0, 0.05) is 22.7 Å². The molecule has 0 saturated heterocycles. The lowest BCUT2D eigenvalue weighted by atomic mass is 9.93. The molecule has 2 N–H and O–H groups in total. The van der Waals surface area contributed by atoms with Crippen molar-refractivity contribution in [2.75, 3.05) is 6.61 Å². The van der Waals surface area contributed by atoms with E-state index in [9.17, 15) is 4.39 Å². The van der Waals surface area contributed by atoms with Gasteiger partial charge in [-0.2, -0.15) is 0 Å². The monoisotopic (exact) mass is 367 g/mol. The summed E-state index contributed by atoms with van der Waals surface area (Å²) in [4.78, 5) is 8.84. The summed E-state index contributed by atoms with van der Waals surface area (Å²) in [6.45, 7) is 8.75. The lowest BCUT2D eigenvalue weighted by Gasteiger charge is -2.23. The van der Waals surface area contributed by atoms with Crippen LogP contribution in [-0.2, 0) is 0 Å². The zero-order chi connectivity index (χ0) is 19.6. The van der Waals surface area contributed by atoms with Crippen LogP contribution in [-0.4, -0.2) is 22.1 Å². The van der Waals surface area contributed by atoms with Crippen molar-refractivity contribution in [1.82, 2.24) is 9.97 Å². The van der Waals surface area contributed by atoms with Crippen LogP contribution in [0.15, 0.2) is 42.7 Å². The summed E-state index contributed by atoms with van der Waals surface area (Å²) in [5, 5.41) is 0.747. The minimum atomic E-state index is -0.287. The van der Waals surface area contributed by atoms with E-state index >= 15 is 0 Å². The molecule has 0 bridgehead atoms. The highest BCUT2D eigenvalue weighted by atomic mass is 19.1. The Kier molecular flexibility index (Phi) is 5.42. The fourth-order valence-corrected chi connectivity index (χ4v) is 3.37. The first-order chi connectivity index (χ1) is 12.7. The van der Waals surface area contributed by atoms with Crippen LogP contribution >= 0.6 is 0 Å². The first-order valence-electron chi connectivity index (χ1n) is 9.16. The van der Waals surface area contributed by atoms with Crippen molar-refractivity contribution in [2.24, 2.45) is 11.7 Å². The number of hydrogen-bond donors (Lipinski definition) is 1. The van der Waals surface area contributed by atoms with Gasteiger partial charge in [0.15, 0.2) is 0 Å². The van der Waals surface area contributed by atoms with E-state index in [1.54, 1.807) is 18.5 Å². The van der Waals surface area contributed by atoms with Crippen molar-refractivity contribution >= 4 is 10.9 Å². The Balaban J connectivity index is 1.82. The van der Waals surface area contributed by atoms with Gasteiger partial charge < -0.3 is 10.5 Å². The summed E-state index contributed by atoms with van der Waals surface area (Å²) in [5.74, 6) is 0.811. The van der Waals surface area contributed by atoms with Crippen LogP contribution < -0.4 is 10.5 Å². The number of fused-ring (bicyclic) bond motifs is 1. The predicted octanol–water partition coefficient (Wildman–Crippen LogP) is 4.89. The van der Waals surface area contributed by atoms with Gasteiger partial charge >= 0.3 is 0 Å². The number of hydrogen-bond acceptors (Lipinski definition) is 4. The fourth-order valence-electron chi connectivity index (χ4n) is 3.37. The second-order valence-electron chi connectivity index (χ2n) is 7.96. The van der Waals surface area contributed by atoms with Crippen LogP contribution in [0.4, 0.5) is 4.39 Å². The molecule has 0 amide bonds. The van der Waals surface area contributed by atoms with E-state index < -0.39 is 0 Å². The van der Waals surface area contributed by atoms with Gasteiger partial charge in [-0.1, -0.05) is 6.92 Å². The molecule has 0 saturated carbocycles. The lowest BCUT2D eigenvalue weighted by molar-refractivity contribution is 0.227. The largest absolute Gasteiger partial charge is 0.491 e. The SMILES string of the molecule is Cc1cc(-c2ccnc3ccc(F)cc23)ncc1OCC(C)CC(C)(C)N. The number of aryl methyl sites for hydroxylation is 1. The van der Waals surface area contributed by atoms with Crippen molar-refractivity contribution in [3.63, 3.8) is 0 Å². The molecule has 0 radical (unpaired) electrons. The molecule has 1 aromatic carbocycles. The number of pyridine rings is 2. The minimum Gasteiger partial charge on any atom is -0.491 e. The molecule has 3 rings (SSSR count). The highest BCUT2D eigenvalue weighted by Crippen LogP contribution is 2.29. The van der Waals surface area contributed by atoms with Gasteiger partial charge in [0.1, 0.15) is 11.6 Å². The predicted molar refractivity (Wildman–Crippen MR) is 107 cm³/mol. The minimum absolute atomic E-state index is 0.211. The number of aromatic nitrogens is 2. The van der Waals surface area contributed by atoms with E-state index in [0.717, 1.165) is 39.9 Å². The van der Waals surface area contributed by atoms with Gasteiger partial charge in [0.2, 0.25) is 0 Å². The molecule has 142 valence electrons. The van der Waals surface area contributed by atoms with Crippen LogP contribution in [0.25, 0.3) is 22.2 Å². The van der Waals surface area contributed by atoms with Gasteiger partial charge in [0.05, 0.1) is 24.0 Å². The van der Waals surface area contributed by atoms with Crippen LogP contribution in [0.3, 0.4) is 0 Å². The summed E-state index contributed by atoms with van der Waals surface area (Å²) < 4.78 is 19.6. The molecule has 2 heterocycles. The van der Waals surface area contributed by atoms with Crippen molar-refractivity contribution in [2.45, 2.75) is 39.7 Å². The van der Waals surface area contributed by atoms with Crippen molar-refractivity contribution in [1.29, 1.82) is 0 Å². The van der Waals surface area contributed by atoms with E-state index in [4.69, 9.17) is 10.5 Å². The lowest BCUT2D eigenvalue weighted by Crippen LogP contribution is -2.35. The first kappa shape index (κ1) is 19.2. The number of nitrogens with two attached hydrogens (primary N) is 1. The van der Waals surface area contributed by atoms with Crippen molar-refractivity contribution in [3.05, 3.63) is 54.1 Å². The highest BCUT2D eigenvalue weighted by Gasteiger charge is 2.17. The Morgan fingerprint density at radius 3 is 2.67 bits per heavy atom. The van der Waals surface area contributed by atoms with Gasteiger partial charge in [-0.25, -0.2) is 4.39 Å². The Hall–Kier alpha value is -2.53. The Morgan fingerprint density at radius 2 is 1.96 bits per heavy atom. The number of ether oxygens (including phenoxy) is 1. The number of nitrogens with zero attached hydrogens (tertiary/aromatic N) is 2. The first-order valence-corrected chi connectivity index (χ1v) is 9.16. The molecule has 0 spiro atoms. The van der Waals surface area contributed by atoms with E-state index in [1.807, 2.05) is 32.9 Å². The molecule has 5 heteroatoms. The summed E-state index contributed by atoms with van der Waals surface area (Å²) in [7, 11) is 0. The topological polar surface area (TPSA) is 61.0 Å². The molecule has 4 nitrogen and oxygen atoms in total. The van der Waals surface area contributed by atoms with Gasteiger partial charge in [-0.3, -0.25) is 9.97 Å². The Bertz CT molecular complexity index is 950. The van der Waals surface area contributed by atoms with Crippen molar-refractivity contribution in [3.8, 4) is 17.0 Å². The van der Waals surface area contributed by atoms with Crippen LogP contribution in [0, 0.1) is 18.7 Å². The molecule has 0 aliphatic heterocycles. The number of benzene rings is 1. The van der Waals surface area contributed by atoms with Gasteiger partial charge in [-0.15, -0.1) is 0 Å². The number of halogens is 1. The maximum Gasteiger partial charge on any atom is 0.140 e. The Morgan fingerprint density at radius 1 is 1.19 bits per heavy atom. The second-order valence-corrected chi connectivity index (χ2v) is 7.96. The second kappa shape index (κ2) is 7.61. The smallest absolute Gasteiger partial charge is 0.140 e. The molecule has 0 aliphatic rings. The third kappa shape index (κ3) is 4.80. The van der Waals surface area contributed by atoms with E-state index in [2.05, 4.69) is 16.9 Å². The molecule has 0 aliphatic carbocycles. The molecule has 1 atom stereocenters. The molecule has 1 unspecified atom stereocenters. The summed E-state index contributed by atoms with van der Waals surface area (Å²) in [6.07, 6.45) is 4.33. The molecular weight excluding hydrogens is 341 g/mol. The average Bonchev–Trinajstić information content (AvgIpc) is 2.58. The summed E-state index contributed by atoms with van der Waals surface area (Å²) in [5.41, 5.74) is 9.22. The Labute approximate surface area is 159 Å². The fraction of sp³-hybridized carbons (Fsp3) is 0.364. The average molecular weight is 367 g/mol. The van der Waals surface area contributed by atoms with Crippen LogP contribution in [0.1, 0.15) is 32.8 Å². The van der Waals surface area contributed by atoms with Gasteiger partial charge in [-0.05, 0) is 69.0 Å². The van der Waals surface area contributed by atoms with Crippen LogP contribution in [0.2, 0.25) is 0 Å². The van der Waals surface area contributed by atoms with Gasteiger partial charge in [0.25, 0.3) is 0 Å². The maximum atomic E-state index is 13.7. The third-order valence-corrected chi connectivity index (χ3v) is 4.44. The molecule has 2 aromatic heterocycles. The van der Waals surface area contributed by atoms with E-state index in [0.29, 0.717) is 12.5 Å². The number of rotatable bonds is 6. The van der Waals surface area contributed by atoms with Crippen molar-refractivity contribution < 1.29 is 9.13 Å². The molecule has 0 fully saturated rings. The quantitative estimate of drug-likeness (QED) is 0.674. The standard InChI is InChI=1S/C22H26FN3O/c1-14(11-22(3,4)24)13-27-21-12-26-20(9-15(21)2)17-7-8-25-19-6-5-16(23)10-18(17)19/h5-10,12,14H,11,13,24H2,1-4H3. The van der Waals surface area contributed by atoms with E-state index in [1.165, 1.54) is 12.1 Å². The summed E-state index contributed by atoms with van der Waals surface area (Å²) in [6, 6.07) is 8.41. The normalized spacial score (nSPS) is 13.0. The van der Waals surface area contributed by atoms with Crippen LogP contribution in [0.5, 0.6) is 5.75 Å². The van der Waals surface area contributed by atoms with E-state index in [-0.39, 0.29) is 11.4 Å². The molecule has 3 aromatic rings. The summed E-state index contributed by atoms with van der Waals surface area (Å²) >= 11 is 0. The molecule has 27 heavy (non-hydrogen) atoms. The molecular formula is C22H26FN3O. The maximum absolute atomic E-state index is 13.7. The zero-order valence-electron chi connectivity index (χ0n) is 16.3. The third-order valence-electron chi connectivity index (χ3n) is 4.44. The zero-order valence-corrected chi connectivity index (χ0v) is 16.3. The highest BCUT2D eigenvalue weighted by molar-refractivity contribution is 5.93.